The molecule has 0 bridgehead atoms. The van der Waals surface area contributed by atoms with Crippen LogP contribution in [0.25, 0.3) is 11.1 Å². The average Bonchev–Trinajstić information content (AvgIpc) is 3.19. The minimum Gasteiger partial charge on any atom is -0.465 e. The number of benzene rings is 1. The maximum atomic E-state index is 13.0. The van der Waals surface area contributed by atoms with Crippen molar-refractivity contribution in [3.8, 4) is 11.1 Å². The Morgan fingerprint density at radius 2 is 1.86 bits per heavy atom. The number of carbonyl (C=O) groups excluding carboxylic acids is 2. The molecule has 1 aromatic carbocycles. The summed E-state index contributed by atoms with van der Waals surface area (Å²) in [5.41, 5.74) is 2.23. The Kier molecular flexibility index (Phi) is 6.31. The van der Waals surface area contributed by atoms with Crippen LogP contribution in [0.3, 0.4) is 0 Å². The average molecular weight is 404 g/mol. The number of methoxy groups -OCH3 is 1. The Morgan fingerprint density at radius 3 is 2.46 bits per heavy atom. The lowest BCUT2D eigenvalue weighted by Crippen LogP contribution is -2.21. The van der Waals surface area contributed by atoms with Gasteiger partial charge in [-0.3, -0.25) is 4.98 Å². The highest BCUT2D eigenvalue weighted by Crippen LogP contribution is 2.36. The predicted molar refractivity (Wildman–Crippen MR) is 105 cm³/mol. The lowest BCUT2D eigenvalue weighted by molar-refractivity contribution is 0.0161. The molecule has 1 saturated heterocycles. The van der Waals surface area contributed by atoms with E-state index in [0.29, 0.717) is 34.1 Å². The zero-order chi connectivity index (χ0) is 20.3. The molecule has 1 aromatic heterocycles. The fourth-order valence-electron chi connectivity index (χ4n) is 3.40. The van der Waals surface area contributed by atoms with E-state index in [4.69, 9.17) is 25.8 Å². The van der Waals surface area contributed by atoms with Gasteiger partial charge in [0.05, 0.1) is 35.7 Å². The van der Waals surface area contributed by atoms with E-state index in [0.717, 1.165) is 12.8 Å². The molecule has 7 heteroatoms. The van der Waals surface area contributed by atoms with Gasteiger partial charge in [-0.2, -0.15) is 0 Å². The van der Waals surface area contributed by atoms with E-state index in [-0.39, 0.29) is 23.8 Å². The van der Waals surface area contributed by atoms with Crippen molar-refractivity contribution < 1.29 is 23.8 Å². The summed E-state index contributed by atoms with van der Waals surface area (Å²) in [6.45, 7) is 4.23. The van der Waals surface area contributed by atoms with Gasteiger partial charge in [-0.15, -0.1) is 0 Å². The molecule has 1 atom stereocenters. The molecule has 1 unspecified atom stereocenters. The Morgan fingerprint density at radius 1 is 1.18 bits per heavy atom. The van der Waals surface area contributed by atoms with Crippen LogP contribution in [-0.2, 0) is 14.2 Å². The van der Waals surface area contributed by atoms with Crippen molar-refractivity contribution in [2.24, 2.45) is 0 Å². The number of aromatic nitrogens is 1. The van der Waals surface area contributed by atoms with Crippen molar-refractivity contribution in [1.29, 1.82) is 0 Å². The van der Waals surface area contributed by atoms with Gasteiger partial charge in [-0.1, -0.05) is 29.8 Å². The van der Waals surface area contributed by atoms with Crippen molar-refractivity contribution >= 4 is 23.5 Å². The number of ether oxygens (including phenoxy) is 3. The highest BCUT2D eigenvalue weighted by atomic mass is 35.5. The van der Waals surface area contributed by atoms with Gasteiger partial charge < -0.3 is 14.2 Å². The van der Waals surface area contributed by atoms with E-state index in [1.165, 1.54) is 7.11 Å². The first kappa shape index (κ1) is 20.3. The molecular formula is C21H22ClNO5. The van der Waals surface area contributed by atoms with E-state index in [2.05, 4.69) is 4.98 Å². The molecule has 1 aliphatic heterocycles. The van der Waals surface area contributed by atoms with Gasteiger partial charge in [0.2, 0.25) is 0 Å². The summed E-state index contributed by atoms with van der Waals surface area (Å²) in [5.74, 6) is -1.16. The van der Waals surface area contributed by atoms with E-state index in [1.807, 2.05) is 0 Å². The van der Waals surface area contributed by atoms with Crippen molar-refractivity contribution in [2.75, 3.05) is 20.3 Å². The molecular weight excluding hydrogens is 382 g/mol. The number of rotatable bonds is 5. The summed E-state index contributed by atoms with van der Waals surface area (Å²) in [4.78, 5) is 29.9. The minimum absolute atomic E-state index is 0.105. The lowest BCUT2D eigenvalue weighted by atomic mass is 9.92. The summed E-state index contributed by atoms with van der Waals surface area (Å²) in [5, 5.41) is 0.408. The van der Waals surface area contributed by atoms with E-state index < -0.39 is 11.9 Å². The smallest absolute Gasteiger partial charge is 0.340 e. The van der Waals surface area contributed by atoms with Crippen LogP contribution in [0.2, 0.25) is 5.02 Å². The fourth-order valence-corrected chi connectivity index (χ4v) is 3.63. The zero-order valence-corrected chi connectivity index (χ0v) is 16.8. The van der Waals surface area contributed by atoms with Crippen LogP contribution in [0.4, 0.5) is 0 Å². The highest BCUT2D eigenvalue weighted by molar-refractivity contribution is 6.34. The van der Waals surface area contributed by atoms with Crippen LogP contribution >= 0.6 is 11.6 Å². The van der Waals surface area contributed by atoms with Crippen LogP contribution < -0.4 is 0 Å². The molecule has 148 valence electrons. The van der Waals surface area contributed by atoms with Crippen LogP contribution in [0, 0.1) is 13.8 Å². The number of esters is 2. The van der Waals surface area contributed by atoms with Gasteiger partial charge >= 0.3 is 11.9 Å². The van der Waals surface area contributed by atoms with Gasteiger partial charge in [-0.25, -0.2) is 9.59 Å². The third kappa shape index (κ3) is 4.03. The third-order valence-corrected chi connectivity index (χ3v) is 5.05. The van der Waals surface area contributed by atoms with Crippen LogP contribution in [0.5, 0.6) is 0 Å². The molecule has 0 N–H and O–H groups in total. The third-order valence-electron chi connectivity index (χ3n) is 4.72. The summed E-state index contributed by atoms with van der Waals surface area (Å²) in [7, 11) is 1.29. The highest BCUT2D eigenvalue weighted by Gasteiger charge is 2.29. The summed E-state index contributed by atoms with van der Waals surface area (Å²) in [6, 6.07) is 7.01. The normalized spacial score (nSPS) is 16.1. The van der Waals surface area contributed by atoms with E-state index in [9.17, 15) is 9.59 Å². The van der Waals surface area contributed by atoms with Crippen LogP contribution in [0.15, 0.2) is 24.3 Å². The number of aryl methyl sites for hydroxylation is 2. The second-order valence-electron chi connectivity index (χ2n) is 6.61. The van der Waals surface area contributed by atoms with Gasteiger partial charge in [-0.05, 0) is 32.8 Å². The van der Waals surface area contributed by atoms with Crippen molar-refractivity contribution in [3.05, 3.63) is 51.8 Å². The molecule has 2 heterocycles. The van der Waals surface area contributed by atoms with Crippen LogP contribution in [0.1, 0.15) is 44.9 Å². The first-order valence-corrected chi connectivity index (χ1v) is 9.45. The topological polar surface area (TPSA) is 74.7 Å². The minimum atomic E-state index is -0.590. The zero-order valence-electron chi connectivity index (χ0n) is 16.1. The van der Waals surface area contributed by atoms with Crippen molar-refractivity contribution in [1.82, 2.24) is 4.98 Å². The first-order valence-electron chi connectivity index (χ1n) is 9.07. The Labute approximate surface area is 168 Å². The van der Waals surface area contributed by atoms with E-state index >= 15 is 0 Å². The molecule has 0 aliphatic carbocycles. The van der Waals surface area contributed by atoms with Gasteiger partial charge in [0.1, 0.15) is 6.61 Å². The van der Waals surface area contributed by atoms with Crippen LogP contribution in [-0.4, -0.2) is 43.4 Å². The van der Waals surface area contributed by atoms with Gasteiger partial charge in [0.25, 0.3) is 0 Å². The van der Waals surface area contributed by atoms with E-state index in [1.54, 1.807) is 38.1 Å². The monoisotopic (exact) mass is 403 g/mol. The molecule has 2 aromatic rings. The second-order valence-corrected chi connectivity index (χ2v) is 7.02. The molecule has 0 amide bonds. The molecule has 0 spiro atoms. The number of pyridine rings is 1. The largest absolute Gasteiger partial charge is 0.465 e. The number of hydrogen-bond donors (Lipinski definition) is 0. The lowest BCUT2D eigenvalue weighted by Gasteiger charge is -2.19. The second kappa shape index (κ2) is 8.71. The Balaban J connectivity index is 2.13. The van der Waals surface area contributed by atoms with Crippen molar-refractivity contribution in [2.45, 2.75) is 32.8 Å². The maximum Gasteiger partial charge on any atom is 0.340 e. The standard InChI is InChI=1S/C21H22ClNO5/c1-12-17(20(24)26-3)19(15-8-4-5-9-16(15)22)18(13(2)23-12)21(25)28-11-14-7-6-10-27-14/h4-5,8-9,14H,6-7,10-11H2,1-3H3. The summed E-state index contributed by atoms with van der Waals surface area (Å²) >= 11 is 6.40. The molecule has 6 nitrogen and oxygen atoms in total. The van der Waals surface area contributed by atoms with Gasteiger partial charge in [0, 0.05) is 22.8 Å². The fraction of sp³-hybridized carbons (Fsp3) is 0.381. The first-order chi connectivity index (χ1) is 13.4. The summed E-state index contributed by atoms with van der Waals surface area (Å²) < 4.78 is 16.0. The Bertz CT molecular complexity index is 906. The molecule has 0 radical (unpaired) electrons. The SMILES string of the molecule is COC(=O)c1c(C)nc(C)c(C(=O)OCC2CCCO2)c1-c1ccccc1Cl. The number of halogens is 1. The quantitative estimate of drug-likeness (QED) is 0.698. The number of hydrogen-bond acceptors (Lipinski definition) is 6. The summed E-state index contributed by atoms with van der Waals surface area (Å²) in [6.07, 6.45) is 1.69. The predicted octanol–water partition coefficient (Wildman–Crippen LogP) is 4.14. The molecule has 0 saturated carbocycles. The maximum absolute atomic E-state index is 13.0. The molecule has 28 heavy (non-hydrogen) atoms. The molecule has 1 aliphatic rings. The molecule has 3 rings (SSSR count). The Hall–Kier alpha value is -2.44. The number of nitrogens with zero attached hydrogens (tertiary/aromatic N) is 1. The van der Waals surface area contributed by atoms with Gasteiger partial charge in [0.15, 0.2) is 0 Å². The molecule has 1 fully saturated rings. The number of carbonyl (C=O) groups is 2. The van der Waals surface area contributed by atoms with Crippen molar-refractivity contribution in [3.63, 3.8) is 0 Å².